The predicted octanol–water partition coefficient (Wildman–Crippen LogP) is 3.52. The van der Waals surface area contributed by atoms with Crippen LogP contribution in [0.25, 0.3) is 0 Å². The molecule has 3 N–H and O–H groups in total. The minimum atomic E-state index is -0.526. The molecule has 0 aliphatic heterocycles. The fourth-order valence-electron chi connectivity index (χ4n) is 1.66. The molecule has 0 heterocycles. The lowest BCUT2D eigenvalue weighted by atomic mass is 10.1. The third-order valence-corrected chi connectivity index (χ3v) is 3.74. The van der Waals surface area contributed by atoms with Gasteiger partial charge in [0.1, 0.15) is 11.6 Å². The van der Waals surface area contributed by atoms with Crippen molar-refractivity contribution in [3.63, 3.8) is 0 Å². The summed E-state index contributed by atoms with van der Waals surface area (Å²) in [5, 5.41) is 11.7. The monoisotopic (exact) mass is 294 g/mol. The summed E-state index contributed by atoms with van der Waals surface area (Å²) in [7, 11) is 0. The van der Waals surface area contributed by atoms with Crippen LogP contribution < -0.4 is 5.73 Å². The quantitative estimate of drug-likeness (QED) is 0.394. The van der Waals surface area contributed by atoms with Gasteiger partial charge in [-0.15, -0.1) is 0 Å². The Bertz CT molecular complexity index is 674. The molecule has 0 aromatic heterocycles. The van der Waals surface area contributed by atoms with Crippen LogP contribution in [0, 0.1) is 18.6 Å². The summed E-state index contributed by atoms with van der Waals surface area (Å²) in [4.78, 5) is 0.719. The molecule has 0 radical (unpaired) electrons. The van der Waals surface area contributed by atoms with E-state index in [1.807, 2.05) is 13.0 Å². The summed E-state index contributed by atoms with van der Waals surface area (Å²) >= 11 is 1.02. The molecule has 0 saturated carbocycles. The van der Waals surface area contributed by atoms with Crippen LogP contribution >= 0.6 is 11.8 Å². The second-order valence-corrected chi connectivity index (χ2v) is 5.25. The highest BCUT2D eigenvalue weighted by atomic mass is 32.2. The minimum Gasteiger partial charge on any atom is -0.409 e. The third kappa shape index (κ3) is 3.08. The average Bonchev–Trinajstić information content (AvgIpc) is 2.43. The minimum absolute atomic E-state index is 0.0759. The summed E-state index contributed by atoms with van der Waals surface area (Å²) in [5.74, 6) is -1.12. The van der Waals surface area contributed by atoms with Crippen LogP contribution in [0.3, 0.4) is 0 Å². The topological polar surface area (TPSA) is 58.6 Å². The van der Waals surface area contributed by atoms with Gasteiger partial charge in [0.05, 0.1) is 4.90 Å². The summed E-state index contributed by atoms with van der Waals surface area (Å²) in [6, 6.07) is 8.48. The lowest BCUT2D eigenvalue weighted by Gasteiger charge is -2.09. The number of benzene rings is 2. The maximum atomic E-state index is 13.7. The van der Waals surface area contributed by atoms with Crippen LogP contribution in [-0.4, -0.2) is 11.0 Å². The SMILES string of the molecule is Cc1ccc(Sc2cc(F)ccc2F)c(/C(N)=N/O)c1. The number of hydrogen-bond donors (Lipinski definition) is 2. The Morgan fingerprint density at radius 1 is 1.15 bits per heavy atom. The zero-order chi connectivity index (χ0) is 14.7. The Morgan fingerprint density at radius 3 is 2.60 bits per heavy atom. The van der Waals surface area contributed by atoms with Gasteiger partial charge in [-0.25, -0.2) is 8.78 Å². The standard InChI is InChI=1S/C14H12F2N2OS/c1-8-2-5-12(10(6-8)14(17)18-19)20-13-7-9(15)3-4-11(13)16/h2-7,19H,1H3,(H2,17,18). The Labute approximate surface area is 119 Å². The van der Waals surface area contributed by atoms with Crippen molar-refractivity contribution >= 4 is 17.6 Å². The number of oxime groups is 1. The van der Waals surface area contributed by atoms with Crippen LogP contribution in [0.15, 0.2) is 51.3 Å². The number of hydrogen-bond acceptors (Lipinski definition) is 3. The molecule has 0 unspecified atom stereocenters. The fraction of sp³-hybridized carbons (Fsp3) is 0.0714. The third-order valence-electron chi connectivity index (χ3n) is 2.63. The van der Waals surface area contributed by atoms with Crippen molar-refractivity contribution in [2.24, 2.45) is 10.9 Å². The van der Waals surface area contributed by atoms with Crippen molar-refractivity contribution in [2.75, 3.05) is 0 Å². The second-order valence-electron chi connectivity index (χ2n) is 4.16. The summed E-state index contributed by atoms with van der Waals surface area (Å²) in [6.45, 7) is 1.85. The van der Waals surface area contributed by atoms with E-state index >= 15 is 0 Å². The van der Waals surface area contributed by atoms with Crippen LogP contribution in [0.2, 0.25) is 0 Å². The molecule has 0 aliphatic carbocycles. The normalized spacial score (nSPS) is 11.7. The van der Waals surface area contributed by atoms with E-state index in [9.17, 15) is 8.78 Å². The summed E-state index contributed by atoms with van der Waals surface area (Å²) in [5.41, 5.74) is 6.99. The molecule has 2 aromatic carbocycles. The van der Waals surface area contributed by atoms with Gasteiger partial charge in [-0.05, 0) is 37.3 Å². The molecule has 0 fully saturated rings. The predicted molar refractivity (Wildman–Crippen MR) is 74.2 cm³/mol. The van der Waals surface area contributed by atoms with Crippen LogP contribution in [0.4, 0.5) is 8.78 Å². The first-order chi connectivity index (χ1) is 9.51. The molecular weight excluding hydrogens is 282 g/mol. The smallest absolute Gasteiger partial charge is 0.171 e. The van der Waals surface area contributed by atoms with E-state index in [1.54, 1.807) is 12.1 Å². The number of amidine groups is 1. The van der Waals surface area contributed by atoms with E-state index in [0.717, 1.165) is 35.5 Å². The van der Waals surface area contributed by atoms with E-state index in [1.165, 1.54) is 0 Å². The molecule has 0 atom stereocenters. The first kappa shape index (κ1) is 14.3. The van der Waals surface area contributed by atoms with Crippen molar-refractivity contribution < 1.29 is 14.0 Å². The van der Waals surface area contributed by atoms with Gasteiger partial charge in [0.15, 0.2) is 5.84 Å². The lowest BCUT2D eigenvalue weighted by Crippen LogP contribution is -2.14. The first-order valence-corrected chi connectivity index (χ1v) is 6.54. The summed E-state index contributed by atoms with van der Waals surface area (Å²) in [6.07, 6.45) is 0. The second kappa shape index (κ2) is 5.92. The highest BCUT2D eigenvalue weighted by Gasteiger charge is 2.12. The number of nitrogens with two attached hydrogens (primary N) is 1. The molecule has 0 amide bonds. The molecule has 2 aromatic rings. The van der Waals surface area contributed by atoms with Gasteiger partial charge >= 0.3 is 0 Å². The van der Waals surface area contributed by atoms with E-state index in [2.05, 4.69) is 5.16 Å². The van der Waals surface area contributed by atoms with Gasteiger partial charge in [-0.2, -0.15) is 0 Å². The average molecular weight is 294 g/mol. The van der Waals surface area contributed by atoms with Gasteiger partial charge in [0, 0.05) is 10.5 Å². The molecule has 104 valence electrons. The van der Waals surface area contributed by atoms with E-state index in [4.69, 9.17) is 10.9 Å². The Morgan fingerprint density at radius 2 is 1.90 bits per heavy atom. The van der Waals surface area contributed by atoms with Gasteiger partial charge in [0.25, 0.3) is 0 Å². The molecule has 0 saturated heterocycles. The van der Waals surface area contributed by atoms with Gasteiger partial charge < -0.3 is 10.9 Å². The van der Waals surface area contributed by atoms with Crippen molar-refractivity contribution in [2.45, 2.75) is 16.7 Å². The highest BCUT2D eigenvalue weighted by Crippen LogP contribution is 2.33. The molecule has 2 rings (SSSR count). The fourth-order valence-corrected chi connectivity index (χ4v) is 2.64. The van der Waals surface area contributed by atoms with Crippen LogP contribution in [-0.2, 0) is 0 Å². The molecule has 0 aliphatic rings. The van der Waals surface area contributed by atoms with Crippen molar-refractivity contribution in [3.8, 4) is 0 Å². The van der Waals surface area contributed by atoms with Gasteiger partial charge in [-0.3, -0.25) is 0 Å². The molecule has 3 nitrogen and oxygen atoms in total. The Kier molecular flexibility index (Phi) is 4.24. The van der Waals surface area contributed by atoms with Crippen molar-refractivity contribution in [3.05, 3.63) is 59.2 Å². The number of rotatable bonds is 3. The maximum absolute atomic E-state index is 13.7. The molecule has 20 heavy (non-hydrogen) atoms. The van der Waals surface area contributed by atoms with Crippen molar-refractivity contribution in [1.82, 2.24) is 0 Å². The van der Waals surface area contributed by atoms with Gasteiger partial charge in [-0.1, -0.05) is 28.5 Å². The number of halogens is 2. The molecular formula is C14H12F2N2OS. The van der Waals surface area contributed by atoms with E-state index in [-0.39, 0.29) is 10.7 Å². The Balaban J connectivity index is 2.46. The summed E-state index contributed by atoms with van der Waals surface area (Å²) < 4.78 is 26.8. The van der Waals surface area contributed by atoms with Crippen molar-refractivity contribution in [1.29, 1.82) is 0 Å². The highest BCUT2D eigenvalue weighted by molar-refractivity contribution is 7.99. The zero-order valence-corrected chi connectivity index (χ0v) is 11.4. The van der Waals surface area contributed by atoms with E-state index in [0.29, 0.717) is 10.5 Å². The largest absolute Gasteiger partial charge is 0.409 e. The van der Waals surface area contributed by atoms with E-state index < -0.39 is 11.6 Å². The first-order valence-electron chi connectivity index (χ1n) is 5.72. The number of nitrogens with zero attached hydrogens (tertiary/aromatic N) is 1. The van der Waals surface area contributed by atoms with Crippen LogP contribution in [0.5, 0.6) is 0 Å². The lowest BCUT2D eigenvalue weighted by molar-refractivity contribution is 0.318. The molecule has 0 bridgehead atoms. The van der Waals surface area contributed by atoms with Crippen LogP contribution in [0.1, 0.15) is 11.1 Å². The molecule has 6 heteroatoms. The zero-order valence-electron chi connectivity index (χ0n) is 10.6. The number of aryl methyl sites for hydroxylation is 1. The molecule has 0 spiro atoms. The Hall–Kier alpha value is -2.08. The maximum Gasteiger partial charge on any atom is 0.171 e. The van der Waals surface area contributed by atoms with Gasteiger partial charge in [0.2, 0.25) is 0 Å².